The molecule has 77 heavy (non-hydrogen) atoms. The zero-order chi connectivity index (χ0) is 56.1. The Morgan fingerprint density at radius 2 is 0.260 bits per heavy atom. The summed E-state index contributed by atoms with van der Waals surface area (Å²) in [6.45, 7) is 47.2. The Morgan fingerprint density at radius 3 is 0.351 bits per heavy atom. The maximum Gasteiger partial charge on any atom is 0.161 e. The maximum absolute atomic E-state index is 7.19. The van der Waals surface area contributed by atoms with Crippen LogP contribution < -0.4 is 0 Å². The first-order chi connectivity index (χ1) is 36.7. The lowest BCUT2D eigenvalue weighted by atomic mass is 9.80. The van der Waals surface area contributed by atoms with Gasteiger partial charge in [-0.05, 0) is 86.4 Å². The van der Waals surface area contributed by atoms with Gasteiger partial charge in [-0.2, -0.15) is 0 Å². The molecule has 0 radical (unpaired) electrons. The van der Waals surface area contributed by atoms with Gasteiger partial charge in [0.2, 0.25) is 0 Å². The zero-order valence-electron chi connectivity index (χ0n) is 51.9. The van der Waals surface area contributed by atoms with Gasteiger partial charge in [0.15, 0.2) is 44.0 Å². The molecule has 21 aliphatic rings. The molecule has 0 aromatic carbocycles. The van der Waals surface area contributed by atoms with Crippen molar-refractivity contribution < 1.29 is 66.3 Å². The summed E-state index contributed by atoms with van der Waals surface area (Å²) in [5.41, 5.74) is 0. The van der Waals surface area contributed by atoms with Gasteiger partial charge in [0.25, 0.3) is 0 Å². The van der Waals surface area contributed by atoms with E-state index in [1.807, 2.05) is 0 Å². The van der Waals surface area contributed by atoms with Crippen molar-refractivity contribution in [1.29, 1.82) is 0 Å². The first kappa shape index (κ1) is 62.5. The molecule has 14 bridgehead atoms. The summed E-state index contributed by atoms with van der Waals surface area (Å²) in [7, 11) is 0. The Morgan fingerprint density at radius 1 is 0.156 bits per heavy atom. The minimum atomic E-state index is -0.415. The normalized spacial score (nSPS) is 55.4. The van der Waals surface area contributed by atoms with Gasteiger partial charge in [-0.3, -0.25) is 0 Å². The van der Waals surface area contributed by atoms with Crippen LogP contribution in [0.5, 0.6) is 0 Å². The van der Waals surface area contributed by atoms with Crippen LogP contribution in [0.1, 0.15) is 190 Å². The third kappa shape index (κ3) is 12.4. The van der Waals surface area contributed by atoms with Gasteiger partial charge in [0.1, 0.15) is 0 Å². The molecule has 0 aromatic heterocycles. The van der Waals surface area contributed by atoms with Crippen LogP contribution in [0.3, 0.4) is 0 Å². The average molecular weight is 1090 g/mol. The molecule has 448 valence electrons. The second-order valence-corrected chi connectivity index (χ2v) is 26.4. The van der Waals surface area contributed by atoms with Crippen LogP contribution in [-0.2, 0) is 66.3 Å². The SMILES string of the molecule is CCC1O[C@@H]2O[C@@H]3C(CC)O[C@H](O[C@@H]4C(CC)O[C@H](O[C@@H]5C(CC)O[C@H](O[C@@H]6C(CC)O[C@H](O[C@@H]7C(CC)O[C@H](O[C@@H]8C(CC)O[C@H](O[C@H]1C(C)C2C)C(C)[C@H]8C)C(C)[C@H]7C)C(C)[C@H]6C)C(C)[C@H]5C)C(C)[C@H]4C)C(C)[C@H]3C. The molecule has 0 aromatic rings. The molecule has 21 rings (SSSR count). The molecular formula is C63H112O14. The molecule has 0 amide bonds. The minimum Gasteiger partial charge on any atom is -0.346 e. The van der Waals surface area contributed by atoms with Gasteiger partial charge in [0.05, 0.1) is 85.5 Å². The molecule has 14 heteroatoms. The number of rotatable bonds is 7. The minimum absolute atomic E-state index is 0.0573. The highest BCUT2D eigenvalue weighted by Crippen LogP contribution is 2.48. The predicted octanol–water partition coefficient (Wildman–Crippen LogP) is 12.5. The third-order valence-electron chi connectivity index (χ3n) is 22.0. The molecular weight excluding hydrogens is 981 g/mol. The number of ether oxygens (including phenoxy) is 14. The largest absolute Gasteiger partial charge is 0.346 e. The van der Waals surface area contributed by atoms with E-state index < -0.39 is 44.0 Å². The van der Waals surface area contributed by atoms with Crippen molar-refractivity contribution >= 4 is 0 Å². The first-order valence-electron chi connectivity index (χ1n) is 31.8. The second kappa shape index (κ2) is 26.6. The van der Waals surface area contributed by atoms with Gasteiger partial charge >= 0.3 is 0 Å². The quantitative estimate of drug-likeness (QED) is 0.240. The van der Waals surface area contributed by atoms with Crippen molar-refractivity contribution in [3.05, 3.63) is 0 Å². The van der Waals surface area contributed by atoms with E-state index >= 15 is 0 Å². The van der Waals surface area contributed by atoms with E-state index in [1.165, 1.54) is 0 Å². The molecule has 15 unspecified atom stereocenters. The standard InChI is InChI=1S/C63H112O14/c1-22-43-50-29(8)36(15)57(64-43)72-51-31(10)38(17)59(66-44(51)23-2)74-53-33(12)40(19)61(68-46(53)25-4)76-55-35(14)42(21)63(70-48(55)27-6)77-56-34(13)41(20)62(69-49(56)28-7)75-54-32(11)39(18)60(67-47(54)26-5)73-52-30(9)37(16)58(71-50)65-45(52)24-3/h29-63H,22-28H2,1-21H3/t29-,30-,31-,32-,33-,34-,35?,36?,37?,38?,39?,40?,41?,42?,43?,44?,45?,46?,47?,48?,49?,50+,51+,52+,53+,54+,55+,56+,57-,58-,59-,60-,61-,62-,63-/m1/s1. The van der Waals surface area contributed by atoms with E-state index in [9.17, 15) is 0 Å². The van der Waals surface area contributed by atoms with Gasteiger partial charge < -0.3 is 66.3 Å². The third-order valence-corrected chi connectivity index (χ3v) is 22.0. The Balaban J connectivity index is 1.08. The Labute approximate surface area is 467 Å². The van der Waals surface area contributed by atoms with Crippen molar-refractivity contribution in [3.8, 4) is 0 Å². The summed E-state index contributed by atoms with van der Waals surface area (Å²) in [6.07, 6.45) is 0.183. The molecule has 35 atom stereocenters. The van der Waals surface area contributed by atoms with Crippen LogP contribution in [-0.4, -0.2) is 129 Å². The maximum atomic E-state index is 7.19. The lowest BCUT2D eigenvalue weighted by molar-refractivity contribution is -0.368. The van der Waals surface area contributed by atoms with Gasteiger partial charge in [-0.25, -0.2) is 0 Å². The van der Waals surface area contributed by atoms with Crippen molar-refractivity contribution in [2.45, 2.75) is 320 Å². The van der Waals surface area contributed by atoms with Gasteiger partial charge in [-0.1, -0.05) is 145 Å². The summed E-state index contributed by atoms with van der Waals surface area (Å²) in [5, 5.41) is 0. The van der Waals surface area contributed by atoms with Crippen LogP contribution in [0.4, 0.5) is 0 Å². The lowest BCUT2D eigenvalue weighted by Gasteiger charge is -2.52. The van der Waals surface area contributed by atoms with E-state index in [-0.39, 0.29) is 168 Å². The highest BCUT2D eigenvalue weighted by atomic mass is 16.8. The predicted molar refractivity (Wildman–Crippen MR) is 295 cm³/mol. The smallest absolute Gasteiger partial charge is 0.161 e. The summed E-state index contributed by atoms with van der Waals surface area (Å²) in [4.78, 5) is 0. The molecule has 0 spiro atoms. The number of hydrogen-bond acceptors (Lipinski definition) is 14. The van der Waals surface area contributed by atoms with E-state index in [4.69, 9.17) is 66.3 Å². The van der Waals surface area contributed by atoms with E-state index in [1.54, 1.807) is 0 Å². The zero-order valence-corrected chi connectivity index (χ0v) is 51.9. The fraction of sp³-hybridized carbons (Fsp3) is 1.00. The fourth-order valence-electron chi connectivity index (χ4n) is 14.8. The monoisotopic (exact) mass is 1090 g/mol. The van der Waals surface area contributed by atoms with Crippen LogP contribution in [0, 0.1) is 82.9 Å². The second-order valence-electron chi connectivity index (χ2n) is 26.4. The van der Waals surface area contributed by atoms with E-state index in [0.29, 0.717) is 0 Å². The van der Waals surface area contributed by atoms with Crippen molar-refractivity contribution in [2.75, 3.05) is 0 Å². The molecule has 21 fully saturated rings. The summed E-state index contributed by atoms with van der Waals surface area (Å²) in [5.74, 6) is 1.39. The first-order valence-corrected chi connectivity index (χ1v) is 31.8. The lowest BCUT2D eigenvalue weighted by Crippen LogP contribution is -2.60. The van der Waals surface area contributed by atoms with Crippen molar-refractivity contribution in [3.63, 3.8) is 0 Å². The molecule has 0 N–H and O–H groups in total. The van der Waals surface area contributed by atoms with Crippen LogP contribution in [0.15, 0.2) is 0 Å². The van der Waals surface area contributed by atoms with Crippen molar-refractivity contribution in [2.24, 2.45) is 82.9 Å². The van der Waals surface area contributed by atoms with Gasteiger partial charge in [0, 0.05) is 41.4 Å². The Kier molecular flexibility index (Phi) is 21.6. The molecule has 21 aliphatic heterocycles. The summed E-state index contributed by atoms with van der Waals surface area (Å²) in [6, 6.07) is 0. The van der Waals surface area contributed by atoms with E-state index in [0.717, 1.165) is 44.9 Å². The van der Waals surface area contributed by atoms with Gasteiger partial charge in [-0.15, -0.1) is 0 Å². The van der Waals surface area contributed by atoms with Crippen LogP contribution >= 0.6 is 0 Å². The highest BCUT2D eigenvalue weighted by Gasteiger charge is 2.56. The molecule has 14 nitrogen and oxygen atoms in total. The summed E-state index contributed by atoms with van der Waals surface area (Å²) >= 11 is 0. The molecule has 0 aliphatic carbocycles. The van der Waals surface area contributed by atoms with Crippen molar-refractivity contribution in [1.82, 2.24) is 0 Å². The Hall–Kier alpha value is -0.560. The molecule has 21 saturated heterocycles. The highest BCUT2D eigenvalue weighted by molar-refractivity contribution is 4.97. The van der Waals surface area contributed by atoms with E-state index in [2.05, 4.69) is 145 Å². The molecule has 0 saturated carbocycles. The van der Waals surface area contributed by atoms with Crippen LogP contribution in [0.25, 0.3) is 0 Å². The Bertz CT molecular complexity index is 1440. The summed E-state index contributed by atoms with van der Waals surface area (Å²) < 4.78 is 99.4. The number of hydrogen-bond donors (Lipinski definition) is 0. The topological polar surface area (TPSA) is 129 Å². The fourth-order valence-corrected chi connectivity index (χ4v) is 14.8. The average Bonchev–Trinajstić information content (AvgIpc) is 3.47. The van der Waals surface area contributed by atoms with Crippen LogP contribution in [0.2, 0.25) is 0 Å². The molecule has 21 heterocycles.